The van der Waals surface area contributed by atoms with Gasteiger partial charge in [-0.2, -0.15) is 0 Å². The second-order valence-electron chi connectivity index (χ2n) is 7.85. The highest BCUT2D eigenvalue weighted by molar-refractivity contribution is 5.91. The van der Waals surface area contributed by atoms with Gasteiger partial charge < -0.3 is 9.47 Å². The van der Waals surface area contributed by atoms with E-state index >= 15 is 0 Å². The number of para-hydroxylation sites is 1. The second kappa shape index (κ2) is 6.95. The summed E-state index contributed by atoms with van der Waals surface area (Å²) in [6.07, 6.45) is 0. The van der Waals surface area contributed by atoms with Crippen LogP contribution in [0.25, 0.3) is 22.3 Å². The van der Waals surface area contributed by atoms with Crippen LogP contribution in [0, 0.1) is 0 Å². The van der Waals surface area contributed by atoms with Gasteiger partial charge in [0.1, 0.15) is 11.6 Å². The van der Waals surface area contributed by atoms with E-state index in [1.165, 1.54) is 0 Å². The van der Waals surface area contributed by atoms with Crippen molar-refractivity contribution in [3.63, 3.8) is 0 Å². The first-order valence-corrected chi connectivity index (χ1v) is 10.2. The van der Waals surface area contributed by atoms with Crippen molar-refractivity contribution < 1.29 is 0 Å². The topological polar surface area (TPSA) is 59.7 Å². The summed E-state index contributed by atoms with van der Waals surface area (Å²) in [7, 11) is 0. The van der Waals surface area contributed by atoms with E-state index in [9.17, 15) is 0 Å². The standard InChI is InChI=1S/C23H24N6/c1-15(2)21-26-27-22-16(3)28(13-14-29(21)22)23-18-11-7-8-12-19(18)24-20(25-23)17-9-5-4-6-10-17/h4-12,15-16H,13-14H2,1-3H3. The molecular formula is C23H24N6. The van der Waals surface area contributed by atoms with Crippen molar-refractivity contribution in [2.45, 2.75) is 39.3 Å². The molecule has 1 aliphatic rings. The van der Waals surface area contributed by atoms with Gasteiger partial charge in [-0.3, -0.25) is 0 Å². The number of aromatic nitrogens is 5. The van der Waals surface area contributed by atoms with Crippen LogP contribution < -0.4 is 4.90 Å². The molecule has 1 aliphatic heterocycles. The molecule has 6 nitrogen and oxygen atoms in total. The summed E-state index contributed by atoms with van der Waals surface area (Å²) >= 11 is 0. The molecule has 0 fully saturated rings. The van der Waals surface area contributed by atoms with Gasteiger partial charge in [-0.25, -0.2) is 9.97 Å². The summed E-state index contributed by atoms with van der Waals surface area (Å²) < 4.78 is 2.27. The van der Waals surface area contributed by atoms with Crippen LogP contribution in [-0.4, -0.2) is 31.3 Å². The number of nitrogens with zero attached hydrogens (tertiary/aromatic N) is 6. The molecule has 0 radical (unpaired) electrons. The largest absolute Gasteiger partial charge is 0.344 e. The van der Waals surface area contributed by atoms with E-state index in [0.717, 1.165) is 52.8 Å². The summed E-state index contributed by atoms with van der Waals surface area (Å²) in [4.78, 5) is 12.2. The Morgan fingerprint density at radius 3 is 2.45 bits per heavy atom. The molecule has 1 atom stereocenters. The van der Waals surface area contributed by atoms with Crippen LogP contribution in [0.5, 0.6) is 0 Å². The molecule has 0 N–H and O–H groups in total. The molecule has 2 aromatic carbocycles. The van der Waals surface area contributed by atoms with Crippen molar-refractivity contribution in [3.05, 3.63) is 66.2 Å². The maximum atomic E-state index is 5.02. The van der Waals surface area contributed by atoms with Crippen molar-refractivity contribution in [1.82, 2.24) is 24.7 Å². The first kappa shape index (κ1) is 17.8. The Labute approximate surface area is 170 Å². The van der Waals surface area contributed by atoms with E-state index in [1.54, 1.807) is 0 Å². The third kappa shape index (κ3) is 2.95. The lowest BCUT2D eigenvalue weighted by molar-refractivity contribution is 0.478. The van der Waals surface area contributed by atoms with Gasteiger partial charge in [-0.1, -0.05) is 56.3 Å². The fourth-order valence-corrected chi connectivity index (χ4v) is 4.12. The highest BCUT2D eigenvalue weighted by atomic mass is 15.4. The number of hydrogen-bond donors (Lipinski definition) is 0. The molecule has 0 amide bonds. The number of fused-ring (bicyclic) bond motifs is 2. The summed E-state index contributed by atoms with van der Waals surface area (Å²) in [6, 6.07) is 18.5. The molecule has 5 rings (SSSR count). The van der Waals surface area contributed by atoms with Gasteiger partial charge in [-0.15, -0.1) is 10.2 Å². The smallest absolute Gasteiger partial charge is 0.162 e. The second-order valence-corrected chi connectivity index (χ2v) is 7.85. The summed E-state index contributed by atoms with van der Waals surface area (Å²) in [5.74, 6) is 4.14. The van der Waals surface area contributed by atoms with Crippen molar-refractivity contribution in [2.24, 2.45) is 0 Å². The predicted molar refractivity (Wildman–Crippen MR) is 115 cm³/mol. The molecule has 1 unspecified atom stereocenters. The SMILES string of the molecule is CC(C)c1nnc2n1CCN(c1nc(-c3ccccc3)nc3ccccc13)C2C. The average molecular weight is 384 g/mol. The van der Waals surface area contributed by atoms with E-state index in [0.29, 0.717) is 5.92 Å². The molecule has 6 heteroatoms. The Morgan fingerprint density at radius 2 is 1.66 bits per heavy atom. The maximum Gasteiger partial charge on any atom is 0.162 e. The third-order valence-electron chi connectivity index (χ3n) is 5.62. The van der Waals surface area contributed by atoms with Gasteiger partial charge in [0.25, 0.3) is 0 Å². The maximum absolute atomic E-state index is 5.02. The van der Waals surface area contributed by atoms with E-state index in [4.69, 9.17) is 9.97 Å². The van der Waals surface area contributed by atoms with Gasteiger partial charge in [0.2, 0.25) is 0 Å². The van der Waals surface area contributed by atoms with E-state index in [2.05, 4.69) is 64.7 Å². The van der Waals surface area contributed by atoms with Gasteiger partial charge >= 0.3 is 0 Å². The first-order chi connectivity index (χ1) is 14.1. The summed E-state index contributed by atoms with van der Waals surface area (Å²) in [6.45, 7) is 8.24. The van der Waals surface area contributed by atoms with Gasteiger partial charge in [-0.05, 0) is 19.1 Å². The van der Waals surface area contributed by atoms with Gasteiger partial charge in [0.05, 0.1) is 11.6 Å². The molecule has 4 aromatic rings. The Morgan fingerprint density at radius 1 is 0.897 bits per heavy atom. The molecule has 2 aromatic heterocycles. The molecular weight excluding hydrogens is 360 g/mol. The van der Waals surface area contributed by atoms with Crippen molar-refractivity contribution in [1.29, 1.82) is 0 Å². The molecule has 0 aliphatic carbocycles. The van der Waals surface area contributed by atoms with E-state index in [-0.39, 0.29) is 6.04 Å². The highest BCUT2D eigenvalue weighted by Gasteiger charge is 2.31. The lowest BCUT2D eigenvalue weighted by Crippen LogP contribution is -2.38. The fourth-order valence-electron chi connectivity index (χ4n) is 4.12. The zero-order valence-electron chi connectivity index (χ0n) is 16.9. The Bertz CT molecular complexity index is 1160. The summed E-state index contributed by atoms with van der Waals surface area (Å²) in [5.41, 5.74) is 1.98. The lowest BCUT2D eigenvalue weighted by atomic mass is 10.1. The quantitative estimate of drug-likeness (QED) is 0.517. The van der Waals surface area contributed by atoms with Gasteiger partial charge in [0, 0.05) is 30.0 Å². The van der Waals surface area contributed by atoms with Crippen LogP contribution in [-0.2, 0) is 6.54 Å². The minimum absolute atomic E-state index is 0.0886. The molecule has 0 bridgehead atoms. The lowest BCUT2D eigenvalue weighted by Gasteiger charge is -2.35. The predicted octanol–water partition coefficient (Wildman–Crippen LogP) is 4.59. The monoisotopic (exact) mass is 384 g/mol. The average Bonchev–Trinajstić information content (AvgIpc) is 3.19. The van der Waals surface area contributed by atoms with Crippen molar-refractivity contribution >= 4 is 16.7 Å². The van der Waals surface area contributed by atoms with Crippen LogP contribution in [0.3, 0.4) is 0 Å². The van der Waals surface area contributed by atoms with Crippen LogP contribution in [0.2, 0.25) is 0 Å². The number of anilines is 1. The summed E-state index contributed by atoms with van der Waals surface area (Å²) in [5, 5.41) is 10.0. The Balaban J connectivity index is 1.64. The van der Waals surface area contributed by atoms with E-state index < -0.39 is 0 Å². The third-order valence-corrected chi connectivity index (χ3v) is 5.62. The Kier molecular flexibility index (Phi) is 4.27. The van der Waals surface area contributed by atoms with Crippen molar-refractivity contribution in [2.75, 3.05) is 11.4 Å². The van der Waals surface area contributed by atoms with Crippen molar-refractivity contribution in [3.8, 4) is 11.4 Å². The van der Waals surface area contributed by atoms with E-state index in [1.807, 2.05) is 30.3 Å². The van der Waals surface area contributed by atoms with Crippen LogP contribution in [0.4, 0.5) is 5.82 Å². The zero-order valence-corrected chi connectivity index (χ0v) is 16.9. The first-order valence-electron chi connectivity index (χ1n) is 10.2. The highest BCUT2D eigenvalue weighted by Crippen LogP contribution is 2.35. The Hall–Kier alpha value is -3.28. The molecule has 29 heavy (non-hydrogen) atoms. The number of benzene rings is 2. The zero-order chi connectivity index (χ0) is 20.0. The minimum Gasteiger partial charge on any atom is -0.344 e. The molecule has 0 saturated carbocycles. The fraction of sp³-hybridized carbons (Fsp3) is 0.304. The van der Waals surface area contributed by atoms with Crippen LogP contribution in [0.1, 0.15) is 44.4 Å². The number of hydrogen-bond acceptors (Lipinski definition) is 5. The minimum atomic E-state index is 0.0886. The molecule has 0 spiro atoms. The molecule has 146 valence electrons. The van der Waals surface area contributed by atoms with Gasteiger partial charge in [0.15, 0.2) is 11.6 Å². The van der Waals surface area contributed by atoms with Crippen LogP contribution in [0.15, 0.2) is 54.6 Å². The molecule has 0 saturated heterocycles. The number of rotatable bonds is 3. The molecule has 3 heterocycles. The normalized spacial score (nSPS) is 16.4. The van der Waals surface area contributed by atoms with Crippen LogP contribution >= 0.6 is 0 Å².